The van der Waals surface area contributed by atoms with E-state index in [1.165, 1.54) is 12.1 Å². The smallest absolute Gasteiger partial charge is 0.271 e. The predicted molar refractivity (Wildman–Crippen MR) is 122 cm³/mol. The van der Waals surface area contributed by atoms with Crippen LogP contribution in [0.4, 0.5) is 11.4 Å². The first-order valence-electron chi connectivity index (χ1n) is 10.6. The highest BCUT2D eigenvalue weighted by atomic mass is 16.6. The Bertz CT molecular complexity index is 1060. The number of piperazine rings is 1. The zero-order valence-electron chi connectivity index (χ0n) is 17.8. The van der Waals surface area contributed by atoms with Gasteiger partial charge in [0.15, 0.2) is 0 Å². The van der Waals surface area contributed by atoms with Crippen LogP contribution in [0.3, 0.4) is 0 Å². The Kier molecular flexibility index (Phi) is 6.88. The fourth-order valence-electron chi connectivity index (χ4n) is 3.86. The molecule has 1 fully saturated rings. The van der Waals surface area contributed by atoms with Gasteiger partial charge in [0.05, 0.1) is 11.5 Å². The highest BCUT2D eigenvalue weighted by Crippen LogP contribution is 2.18. The topological polar surface area (TPSA) is 96.5 Å². The third-order valence-corrected chi connectivity index (χ3v) is 5.58. The van der Waals surface area contributed by atoms with Gasteiger partial charge in [-0.05, 0) is 6.07 Å². The normalized spacial score (nSPS) is 14.9. The lowest BCUT2D eigenvalue weighted by molar-refractivity contribution is -0.384. The summed E-state index contributed by atoms with van der Waals surface area (Å²) in [6.07, 6.45) is 3.84. The maximum atomic E-state index is 12.4. The van der Waals surface area contributed by atoms with Crippen molar-refractivity contribution >= 4 is 17.3 Å². The minimum atomic E-state index is -0.471. The molecule has 0 atom stereocenters. The summed E-state index contributed by atoms with van der Waals surface area (Å²) in [5.74, 6) is 0.812. The maximum Gasteiger partial charge on any atom is 0.271 e. The third-order valence-electron chi connectivity index (χ3n) is 5.58. The first kappa shape index (κ1) is 21.7. The molecule has 4 rings (SSSR count). The van der Waals surface area contributed by atoms with Crippen LogP contribution in [0.25, 0.3) is 11.4 Å². The van der Waals surface area contributed by atoms with Crippen LogP contribution in [0, 0.1) is 10.1 Å². The van der Waals surface area contributed by atoms with Crippen molar-refractivity contribution < 1.29 is 9.72 Å². The van der Waals surface area contributed by atoms with Crippen LogP contribution in [0.15, 0.2) is 67.0 Å². The van der Waals surface area contributed by atoms with E-state index in [4.69, 9.17) is 0 Å². The molecule has 0 aliphatic carbocycles. The van der Waals surface area contributed by atoms with Crippen LogP contribution < -0.4 is 5.32 Å². The number of nitro groups is 1. The summed E-state index contributed by atoms with van der Waals surface area (Å²) in [5.41, 5.74) is 1.51. The highest BCUT2D eigenvalue weighted by molar-refractivity contribution is 5.92. The highest BCUT2D eigenvalue weighted by Gasteiger charge is 2.19. The SMILES string of the molecule is O=C(CN1CCN(CCn2ccnc2-c2ccccc2)CC1)Nc1cccc([N+](=O)[O-])c1. The second-order valence-corrected chi connectivity index (χ2v) is 7.78. The van der Waals surface area contributed by atoms with Gasteiger partial charge >= 0.3 is 0 Å². The Balaban J connectivity index is 1.22. The maximum absolute atomic E-state index is 12.4. The Hall–Kier alpha value is -3.56. The average Bonchev–Trinajstić information content (AvgIpc) is 3.28. The van der Waals surface area contributed by atoms with Gasteiger partial charge in [0.2, 0.25) is 5.91 Å². The molecule has 0 unspecified atom stereocenters. The average molecular weight is 435 g/mol. The summed E-state index contributed by atoms with van der Waals surface area (Å²) in [6.45, 7) is 5.44. The van der Waals surface area contributed by atoms with Gasteiger partial charge in [-0.25, -0.2) is 4.98 Å². The van der Waals surface area contributed by atoms with Gasteiger partial charge in [0.1, 0.15) is 5.82 Å². The van der Waals surface area contributed by atoms with Crippen molar-refractivity contribution in [3.05, 3.63) is 77.1 Å². The van der Waals surface area contributed by atoms with E-state index in [2.05, 4.69) is 36.8 Å². The molecular formula is C23H26N6O3. The molecule has 32 heavy (non-hydrogen) atoms. The summed E-state index contributed by atoms with van der Waals surface area (Å²) in [7, 11) is 0. The van der Waals surface area contributed by atoms with E-state index >= 15 is 0 Å². The van der Waals surface area contributed by atoms with E-state index in [1.54, 1.807) is 12.1 Å². The first-order chi connectivity index (χ1) is 15.6. The summed E-state index contributed by atoms with van der Waals surface area (Å²) in [4.78, 5) is 31.8. The molecule has 0 saturated carbocycles. The number of hydrogen-bond acceptors (Lipinski definition) is 6. The molecular weight excluding hydrogens is 408 g/mol. The molecule has 1 aromatic heterocycles. The third kappa shape index (κ3) is 5.57. The van der Waals surface area contributed by atoms with Crippen LogP contribution in [0.5, 0.6) is 0 Å². The number of benzene rings is 2. The van der Waals surface area contributed by atoms with E-state index in [-0.39, 0.29) is 18.1 Å². The number of non-ortho nitro benzene ring substituents is 1. The van der Waals surface area contributed by atoms with E-state index in [0.29, 0.717) is 5.69 Å². The van der Waals surface area contributed by atoms with Crippen LogP contribution in [0.1, 0.15) is 0 Å². The first-order valence-corrected chi connectivity index (χ1v) is 10.6. The zero-order valence-corrected chi connectivity index (χ0v) is 17.8. The molecule has 0 bridgehead atoms. The molecule has 9 nitrogen and oxygen atoms in total. The van der Waals surface area contributed by atoms with Gasteiger partial charge in [-0.2, -0.15) is 0 Å². The van der Waals surface area contributed by atoms with Gasteiger partial charge in [0, 0.05) is 75.0 Å². The molecule has 1 N–H and O–H groups in total. The molecule has 0 radical (unpaired) electrons. The molecule has 1 saturated heterocycles. The van der Waals surface area contributed by atoms with Crippen molar-refractivity contribution in [2.75, 3.05) is 44.6 Å². The van der Waals surface area contributed by atoms with Gasteiger partial charge in [0.25, 0.3) is 5.69 Å². The van der Waals surface area contributed by atoms with E-state index in [1.807, 2.05) is 30.6 Å². The Morgan fingerprint density at radius 3 is 2.50 bits per heavy atom. The number of carbonyl (C=O) groups is 1. The van der Waals surface area contributed by atoms with Gasteiger partial charge in [-0.1, -0.05) is 36.4 Å². The van der Waals surface area contributed by atoms with Crippen LogP contribution in [-0.4, -0.2) is 69.4 Å². The summed E-state index contributed by atoms with van der Waals surface area (Å²) < 4.78 is 2.17. The number of nitrogens with zero attached hydrogens (tertiary/aromatic N) is 5. The lowest BCUT2D eigenvalue weighted by atomic mass is 10.2. The van der Waals surface area contributed by atoms with Gasteiger partial charge in [-0.15, -0.1) is 0 Å². The van der Waals surface area contributed by atoms with E-state index in [0.717, 1.165) is 50.7 Å². The second-order valence-electron chi connectivity index (χ2n) is 7.78. The van der Waals surface area contributed by atoms with Crippen LogP contribution in [0.2, 0.25) is 0 Å². The monoisotopic (exact) mass is 434 g/mol. The van der Waals surface area contributed by atoms with Crippen molar-refractivity contribution in [2.45, 2.75) is 6.54 Å². The zero-order chi connectivity index (χ0) is 22.3. The molecule has 0 spiro atoms. The Morgan fingerprint density at radius 2 is 1.75 bits per heavy atom. The minimum absolute atomic E-state index is 0.0373. The molecule has 166 valence electrons. The number of nitrogens with one attached hydrogen (secondary N) is 1. The molecule has 3 aromatic rings. The number of aromatic nitrogens is 2. The number of imidazole rings is 1. The Labute approximate surface area is 186 Å². The van der Waals surface area contributed by atoms with Crippen molar-refractivity contribution in [2.24, 2.45) is 0 Å². The van der Waals surface area contributed by atoms with E-state index < -0.39 is 4.92 Å². The van der Waals surface area contributed by atoms with Crippen molar-refractivity contribution in [3.63, 3.8) is 0 Å². The molecule has 2 aromatic carbocycles. The van der Waals surface area contributed by atoms with Gasteiger partial charge < -0.3 is 9.88 Å². The largest absolute Gasteiger partial charge is 0.330 e. The molecule has 9 heteroatoms. The number of amides is 1. The minimum Gasteiger partial charge on any atom is -0.330 e. The number of hydrogen-bond donors (Lipinski definition) is 1. The van der Waals surface area contributed by atoms with Crippen LogP contribution in [-0.2, 0) is 11.3 Å². The quantitative estimate of drug-likeness (QED) is 0.433. The van der Waals surface area contributed by atoms with Gasteiger partial charge in [-0.3, -0.25) is 24.7 Å². The fourth-order valence-corrected chi connectivity index (χ4v) is 3.86. The molecule has 1 aliphatic heterocycles. The Morgan fingerprint density at radius 1 is 1.00 bits per heavy atom. The summed E-state index contributed by atoms with van der Waals surface area (Å²) >= 11 is 0. The van der Waals surface area contributed by atoms with Crippen molar-refractivity contribution in [1.82, 2.24) is 19.4 Å². The predicted octanol–water partition coefficient (Wildman–Crippen LogP) is 2.71. The lowest BCUT2D eigenvalue weighted by Crippen LogP contribution is -2.49. The number of nitro benzene ring substituents is 1. The standard InChI is InChI=1S/C23H26N6O3/c30-22(25-20-7-4-8-21(17-20)29(31)32)18-27-13-11-26(12-14-27)15-16-28-10-9-24-23(28)19-5-2-1-3-6-19/h1-10,17H,11-16,18H2,(H,25,30). The number of anilines is 1. The van der Waals surface area contributed by atoms with Crippen molar-refractivity contribution in [1.29, 1.82) is 0 Å². The number of carbonyl (C=O) groups excluding carboxylic acids is 1. The number of rotatable bonds is 8. The fraction of sp³-hybridized carbons (Fsp3) is 0.304. The van der Waals surface area contributed by atoms with E-state index in [9.17, 15) is 14.9 Å². The molecule has 2 heterocycles. The summed E-state index contributed by atoms with van der Waals surface area (Å²) in [5, 5.41) is 13.6. The summed E-state index contributed by atoms with van der Waals surface area (Å²) in [6, 6.07) is 16.2. The lowest BCUT2D eigenvalue weighted by Gasteiger charge is -2.34. The van der Waals surface area contributed by atoms with Crippen molar-refractivity contribution in [3.8, 4) is 11.4 Å². The molecule has 1 amide bonds. The van der Waals surface area contributed by atoms with Crippen LogP contribution >= 0.6 is 0 Å². The second kappa shape index (κ2) is 10.2. The molecule has 1 aliphatic rings.